The predicted octanol–water partition coefficient (Wildman–Crippen LogP) is 2.77. The summed E-state index contributed by atoms with van der Waals surface area (Å²) < 4.78 is 0. The molecule has 0 aromatic carbocycles. The fourth-order valence-electron chi connectivity index (χ4n) is 1.85. The smallest absolute Gasteiger partial charge is 0.355 e. The molecule has 0 amide bonds. The van der Waals surface area contributed by atoms with E-state index in [2.05, 4.69) is 15.0 Å². The van der Waals surface area contributed by atoms with E-state index >= 15 is 0 Å². The fraction of sp³-hybridized carbons (Fsp3) is 0.231. The minimum atomic E-state index is -1.10. The summed E-state index contributed by atoms with van der Waals surface area (Å²) in [5.41, 5.74) is 0.698. The Morgan fingerprint density at radius 1 is 1.37 bits per heavy atom. The predicted molar refractivity (Wildman–Crippen MR) is 69.2 cm³/mol. The van der Waals surface area contributed by atoms with E-state index in [1.165, 1.54) is 6.20 Å². The molecular weight excluding hydrogens is 266 g/mol. The number of rotatable bonds is 3. The van der Waals surface area contributed by atoms with Crippen molar-refractivity contribution in [2.75, 3.05) is 0 Å². The zero-order chi connectivity index (χ0) is 13.4. The van der Waals surface area contributed by atoms with Gasteiger partial charge < -0.3 is 5.11 Å². The summed E-state index contributed by atoms with van der Waals surface area (Å²) in [5, 5.41) is 9.67. The number of aromatic nitrogens is 3. The van der Waals surface area contributed by atoms with E-state index in [0.717, 1.165) is 12.8 Å². The fourth-order valence-corrected chi connectivity index (χ4v) is 2.08. The maximum atomic E-state index is 11.3. The van der Waals surface area contributed by atoms with Gasteiger partial charge in [-0.2, -0.15) is 0 Å². The molecule has 1 N–H and O–H groups in total. The van der Waals surface area contributed by atoms with Crippen LogP contribution in [0.3, 0.4) is 0 Å². The number of nitrogens with zero attached hydrogens (tertiary/aromatic N) is 3. The van der Waals surface area contributed by atoms with Crippen LogP contribution in [-0.2, 0) is 0 Å². The third-order valence-electron chi connectivity index (χ3n) is 2.97. The first-order chi connectivity index (χ1) is 9.16. The van der Waals surface area contributed by atoms with Crippen molar-refractivity contribution in [1.29, 1.82) is 0 Å². The molecule has 1 fully saturated rings. The van der Waals surface area contributed by atoms with Gasteiger partial charge in [0.25, 0.3) is 0 Å². The second-order valence-electron chi connectivity index (χ2n) is 4.40. The van der Waals surface area contributed by atoms with Crippen molar-refractivity contribution < 1.29 is 9.90 Å². The van der Waals surface area contributed by atoms with Crippen molar-refractivity contribution in [3.05, 3.63) is 41.1 Å². The van der Waals surface area contributed by atoms with Crippen LogP contribution in [0.25, 0.3) is 11.3 Å². The average Bonchev–Trinajstić information content (AvgIpc) is 3.23. The van der Waals surface area contributed by atoms with Crippen LogP contribution in [0.1, 0.15) is 35.1 Å². The topological polar surface area (TPSA) is 76.0 Å². The van der Waals surface area contributed by atoms with Crippen LogP contribution < -0.4 is 0 Å². The lowest BCUT2D eigenvalue weighted by Crippen LogP contribution is -2.08. The zero-order valence-corrected chi connectivity index (χ0v) is 10.6. The van der Waals surface area contributed by atoms with Crippen LogP contribution in [0.2, 0.25) is 5.02 Å². The second kappa shape index (κ2) is 4.59. The molecular formula is C13H10ClN3O2. The summed E-state index contributed by atoms with van der Waals surface area (Å²) in [7, 11) is 0. The number of carboxylic acid groups (broad SMARTS) is 1. The number of halogens is 1. The molecule has 5 nitrogen and oxygen atoms in total. The standard InChI is InChI=1S/C13H10ClN3O2/c14-9-2-1-5-15-10(9)8-6-16-12(7-3-4-7)17-11(8)13(18)19/h1-2,5-7H,3-4H2,(H,18,19). The van der Waals surface area contributed by atoms with E-state index in [1.807, 2.05) is 0 Å². The van der Waals surface area contributed by atoms with Crippen LogP contribution in [0.15, 0.2) is 24.5 Å². The van der Waals surface area contributed by atoms with Crippen LogP contribution in [0.4, 0.5) is 0 Å². The molecule has 2 heterocycles. The highest BCUT2D eigenvalue weighted by atomic mass is 35.5. The molecule has 0 radical (unpaired) electrons. The first-order valence-electron chi connectivity index (χ1n) is 5.88. The average molecular weight is 276 g/mol. The van der Waals surface area contributed by atoms with E-state index in [0.29, 0.717) is 28.0 Å². The summed E-state index contributed by atoms with van der Waals surface area (Å²) in [5.74, 6) is -0.208. The summed E-state index contributed by atoms with van der Waals surface area (Å²) in [6.45, 7) is 0. The normalized spacial score (nSPS) is 14.4. The van der Waals surface area contributed by atoms with E-state index in [1.54, 1.807) is 18.3 Å². The molecule has 6 heteroatoms. The molecule has 0 bridgehead atoms. The lowest BCUT2D eigenvalue weighted by molar-refractivity contribution is 0.0691. The lowest BCUT2D eigenvalue weighted by Gasteiger charge is -2.07. The Bertz CT molecular complexity index is 656. The van der Waals surface area contributed by atoms with Gasteiger partial charge in [0.1, 0.15) is 5.82 Å². The van der Waals surface area contributed by atoms with Crippen molar-refractivity contribution >= 4 is 17.6 Å². The van der Waals surface area contributed by atoms with Crippen LogP contribution in [-0.4, -0.2) is 26.0 Å². The van der Waals surface area contributed by atoms with Crippen LogP contribution >= 0.6 is 11.6 Å². The monoisotopic (exact) mass is 275 g/mol. The highest BCUT2D eigenvalue weighted by Crippen LogP contribution is 2.38. The molecule has 3 rings (SSSR count). The van der Waals surface area contributed by atoms with Crippen LogP contribution in [0, 0.1) is 0 Å². The minimum Gasteiger partial charge on any atom is -0.476 e. The number of hydrogen-bond donors (Lipinski definition) is 1. The molecule has 0 spiro atoms. The molecule has 1 aliphatic rings. The van der Waals surface area contributed by atoms with E-state index < -0.39 is 5.97 Å². The molecule has 1 saturated carbocycles. The Balaban J connectivity index is 2.15. The molecule has 2 aromatic rings. The Hall–Kier alpha value is -2.01. The van der Waals surface area contributed by atoms with E-state index in [9.17, 15) is 9.90 Å². The maximum absolute atomic E-state index is 11.3. The van der Waals surface area contributed by atoms with Gasteiger partial charge in [0.15, 0.2) is 5.69 Å². The summed E-state index contributed by atoms with van der Waals surface area (Å²) in [6, 6.07) is 3.34. The third kappa shape index (κ3) is 2.29. The second-order valence-corrected chi connectivity index (χ2v) is 4.81. The number of carbonyl (C=O) groups is 1. The number of hydrogen-bond acceptors (Lipinski definition) is 4. The number of carboxylic acids is 1. The third-order valence-corrected chi connectivity index (χ3v) is 3.27. The number of pyridine rings is 1. The van der Waals surface area contributed by atoms with Crippen molar-refractivity contribution in [1.82, 2.24) is 15.0 Å². The van der Waals surface area contributed by atoms with Crippen LogP contribution in [0.5, 0.6) is 0 Å². The SMILES string of the molecule is O=C(O)c1nc(C2CC2)ncc1-c1ncccc1Cl. The molecule has 0 saturated heterocycles. The molecule has 19 heavy (non-hydrogen) atoms. The molecule has 0 unspecified atom stereocenters. The maximum Gasteiger partial charge on any atom is 0.355 e. The van der Waals surface area contributed by atoms with Gasteiger partial charge >= 0.3 is 5.97 Å². The van der Waals surface area contributed by atoms with Gasteiger partial charge in [-0.1, -0.05) is 11.6 Å². The molecule has 1 aliphatic carbocycles. The zero-order valence-electron chi connectivity index (χ0n) is 9.88. The van der Waals surface area contributed by atoms with Crippen molar-refractivity contribution in [2.45, 2.75) is 18.8 Å². The Morgan fingerprint density at radius 3 is 2.79 bits per heavy atom. The van der Waals surface area contributed by atoms with Gasteiger partial charge in [0.05, 0.1) is 16.3 Å². The first-order valence-corrected chi connectivity index (χ1v) is 6.25. The highest BCUT2D eigenvalue weighted by Gasteiger charge is 2.28. The van der Waals surface area contributed by atoms with Gasteiger partial charge in [-0.15, -0.1) is 0 Å². The largest absolute Gasteiger partial charge is 0.476 e. The van der Waals surface area contributed by atoms with E-state index in [4.69, 9.17) is 11.6 Å². The molecule has 0 aliphatic heterocycles. The van der Waals surface area contributed by atoms with Gasteiger partial charge in [-0.3, -0.25) is 4.98 Å². The van der Waals surface area contributed by atoms with Gasteiger partial charge in [-0.25, -0.2) is 14.8 Å². The lowest BCUT2D eigenvalue weighted by atomic mass is 10.1. The van der Waals surface area contributed by atoms with Crippen molar-refractivity contribution in [2.24, 2.45) is 0 Å². The quantitative estimate of drug-likeness (QED) is 0.932. The molecule has 2 aromatic heterocycles. The Morgan fingerprint density at radius 2 is 2.16 bits per heavy atom. The number of aromatic carboxylic acids is 1. The van der Waals surface area contributed by atoms with Crippen molar-refractivity contribution in [3.8, 4) is 11.3 Å². The van der Waals surface area contributed by atoms with Crippen molar-refractivity contribution in [3.63, 3.8) is 0 Å². The molecule has 0 atom stereocenters. The summed E-state index contributed by atoms with van der Waals surface area (Å²) >= 11 is 6.04. The minimum absolute atomic E-state index is 0.0440. The molecule has 96 valence electrons. The van der Waals surface area contributed by atoms with Gasteiger partial charge in [-0.05, 0) is 25.0 Å². The summed E-state index contributed by atoms with van der Waals surface area (Å²) in [4.78, 5) is 23.8. The van der Waals surface area contributed by atoms with E-state index in [-0.39, 0.29) is 5.69 Å². The highest BCUT2D eigenvalue weighted by molar-refractivity contribution is 6.33. The first kappa shape index (κ1) is 12.0. The summed E-state index contributed by atoms with van der Waals surface area (Å²) in [6.07, 6.45) is 5.09. The van der Waals surface area contributed by atoms with Gasteiger partial charge in [0.2, 0.25) is 0 Å². The van der Waals surface area contributed by atoms with Gasteiger partial charge in [0, 0.05) is 18.3 Å². The Labute approximate surface area is 114 Å². The Kier molecular flexibility index (Phi) is 2.91.